The van der Waals surface area contributed by atoms with Crippen molar-refractivity contribution < 1.29 is 33.6 Å². The second-order valence-corrected chi connectivity index (χ2v) is 14.3. The van der Waals surface area contributed by atoms with E-state index in [9.17, 15) is 33.6 Å². The zero-order chi connectivity index (χ0) is 38.6. The molecule has 7 amide bonds. The number of hydrogen-bond donors (Lipinski definition) is 9. The summed E-state index contributed by atoms with van der Waals surface area (Å²) in [6.45, 7) is 14.5. The predicted octanol–water partition coefficient (Wildman–Crippen LogP) is -0.716. The van der Waals surface area contributed by atoms with Crippen molar-refractivity contribution in [2.45, 2.75) is 131 Å². The van der Waals surface area contributed by atoms with E-state index in [2.05, 4.69) is 31.9 Å². The van der Waals surface area contributed by atoms with Crippen molar-refractivity contribution >= 4 is 41.4 Å². The maximum absolute atomic E-state index is 13.4. The minimum Gasteiger partial charge on any atom is -0.368 e. The lowest BCUT2D eigenvalue weighted by molar-refractivity contribution is -0.134. The van der Waals surface area contributed by atoms with Crippen LogP contribution in [0.5, 0.6) is 0 Å². The first-order valence-electron chi connectivity index (χ1n) is 17.8. The quantitative estimate of drug-likeness (QED) is 0.0540. The van der Waals surface area contributed by atoms with Crippen LogP contribution in [0, 0.1) is 23.7 Å². The molecule has 0 aromatic carbocycles. The van der Waals surface area contributed by atoms with Crippen LogP contribution in [0.1, 0.15) is 100 Å². The van der Waals surface area contributed by atoms with Gasteiger partial charge in [-0.15, -0.1) is 0 Å². The van der Waals surface area contributed by atoms with Gasteiger partial charge in [0, 0.05) is 0 Å². The topological polar surface area (TPSA) is 270 Å². The molecule has 6 unspecified atom stereocenters. The molecule has 288 valence electrons. The highest BCUT2D eigenvalue weighted by molar-refractivity contribution is 5.95. The number of carbonyl (C=O) groups excluding carboxylic acids is 7. The van der Waals surface area contributed by atoms with Crippen LogP contribution in [0.3, 0.4) is 0 Å². The third kappa shape index (κ3) is 19.4. The van der Waals surface area contributed by atoms with E-state index in [1.807, 2.05) is 55.4 Å². The van der Waals surface area contributed by atoms with Crippen LogP contribution in [-0.2, 0) is 33.6 Å². The van der Waals surface area contributed by atoms with Gasteiger partial charge in [-0.05, 0) is 62.3 Å². The highest BCUT2D eigenvalue weighted by Crippen LogP contribution is 2.12. The van der Waals surface area contributed by atoms with Gasteiger partial charge < -0.3 is 49.1 Å². The summed E-state index contributed by atoms with van der Waals surface area (Å²) in [5.41, 5.74) is 17.0. The fourth-order valence-electron chi connectivity index (χ4n) is 5.04. The molecular weight excluding hydrogens is 646 g/mol. The van der Waals surface area contributed by atoms with Crippen LogP contribution < -0.4 is 49.1 Å². The first kappa shape index (κ1) is 46.2. The second kappa shape index (κ2) is 24.4. The molecule has 50 heavy (non-hydrogen) atoms. The predicted molar refractivity (Wildman–Crippen MR) is 192 cm³/mol. The average Bonchev–Trinajstić information content (AvgIpc) is 3.02. The third-order valence-corrected chi connectivity index (χ3v) is 8.03. The van der Waals surface area contributed by atoms with Gasteiger partial charge in [0.1, 0.15) is 24.2 Å². The number of nitrogens with one attached hydrogen (secondary N) is 6. The van der Waals surface area contributed by atoms with Gasteiger partial charge in [0.05, 0.1) is 19.1 Å². The van der Waals surface area contributed by atoms with Crippen molar-refractivity contribution in [2.75, 3.05) is 19.6 Å². The van der Waals surface area contributed by atoms with Crippen LogP contribution in [0.15, 0.2) is 0 Å². The molecule has 12 N–H and O–H groups in total. The van der Waals surface area contributed by atoms with Gasteiger partial charge in [0.2, 0.25) is 41.4 Å². The molecule has 0 aliphatic carbocycles. The SMILES string of the molecule is CCC(C)C(NC(=O)C(N)CCCCN)C(=O)NC(CC(C)C)C(=O)NCC(=O)NCC(=O)NC(CC(C)C)C(=O)NC(CC(C)C)C(N)=O. The molecule has 0 aliphatic heterocycles. The summed E-state index contributed by atoms with van der Waals surface area (Å²) >= 11 is 0. The molecule has 0 aromatic heterocycles. The highest BCUT2D eigenvalue weighted by Gasteiger charge is 2.32. The van der Waals surface area contributed by atoms with Crippen molar-refractivity contribution in [3.8, 4) is 0 Å². The van der Waals surface area contributed by atoms with Gasteiger partial charge in [0.25, 0.3) is 0 Å². The Hall–Kier alpha value is -3.79. The van der Waals surface area contributed by atoms with Crippen molar-refractivity contribution in [1.29, 1.82) is 0 Å². The Morgan fingerprint density at radius 3 is 1.58 bits per heavy atom. The minimum atomic E-state index is -1.00. The van der Waals surface area contributed by atoms with E-state index in [0.717, 1.165) is 6.42 Å². The van der Waals surface area contributed by atoms with E-state index >= 15 is 0 Å². The summed E-state index contributed by atoms with van der Waals surface area (Å²) < 4.78 is 0. The molecule has 0 spiro atoms. The van der Waals surface area contributed by atoms with Crippen LogP contribution in [0.25, 0.3) is 0 Å². The molecule has 0 saturated heterocycles. The Morgan fingerprint density at radius 2 is 1.08 bits per heavy atom. The fourth-order valence-corrected chi connectivity index (χ4v) is 5.04. The highest BCUT2D eigenvalue weighted by atomic mass is 16.2. The maximum Gasteiger partial charge on any atom is 0.243 e. The van der Waals surface area contributed by atoms with Gasteiger partial charge in [0.15, 0.2) is 0 Å². The average molecular weight is 712 g/mol. The summed E-state index contributed by atoms with van der Waals surface area (Å²) in [4.78, 5) is 89.3. The van der Waals surface area contributed by atoms with E-state index in [1.165, 1.54) is 0 Å². The molecule has 16 heteroatoms. The first-order valence-corrected chi connectivity index (χ1v) is 17.8. The monoisotopic (exact) mass is 712 g/mol. The van der Waals surface area contributed by atoms with Crippen LogP contribution in [-0.4, -0.2) is 91.2 Å². The van der Waals surface area contributed by atoms with E-state index in [0.29, 0.717) is 32.2 Å². The molecule has 16 nitrogen and oxygen atoms in total. The van der Waals surface area contributed by atoms with E-state index in [4.69, 9.17) is 17.2 Å². The number of carbonyl (C=O) groups is 7. The molecule has 0 bridgehead atoms. The Bertz CT molecular complexity index is 1120. The smallest absolute Gasteiger partial charge is 0.243 e. The summed E-state index contributed by atoms with van der Waals surface area (Å²) in [5.74, 6) is -4.34. The number of primary amides is 1. The lowest BCUT2D eigenvalue weighted by atomic mass is 9.96. The van der Waals surface area contributed by atoms with Crippen LogP contribution >= 0.6 is 0 Å². The fraction of sp³-hybridized carbons (Fsp3) is 0.794. The second-order valence-electron chi connectivity index (χ2n) is 14.3. The van der Waals surface area contributed by atoms with E-state index < -0.39 is 84.6 Å². The summed E-state index contributed by atoms with van der Waals surface area (Å²) in [5, 5.41) is 15.6. The Balaban J connectivity index is 5.33. The number of amides is 7. The number of unbranched alkanes of at least 4 members (excludes halogenated alkanes) is 1. The minimum absolute atomic E-state index is 0.00390. The van der Waals surface area contributed by atoms with Crippen molar-refractivity contribution in [3.63, 3.8) is 0 Å². The largest absolute Gasteiger partial charge is 0.368 e. The third-order valence-electron chi connectivity index (χ3n) is 8.03. The number of rotatable bonds is 25. The summed E-state index contributed by atoms with van der Waals surface area (Å²) in [6, 6.07) is -4.61. The zero-order valence-electron chi connectivity index (χ0n) is 31.4. The van der Waals surface area contributed by atoms with Crippen LogP contribution in [0.4, 0.5) is 0 Å². The van der Waals surface area contributed by atoms with Crippen molar-refractivity contribution in [3.05, 3.63) is 0 Å². The van der Waals surface area contributed by atoms with Gasteiger partial charge in [-0.3, -0.25) is 33.6 Å². The van der Waals surface area contributed by atoms with E-state index in [1.54, 1.807) is 0 Å². The summed E-state index contributed by atoms with van der Waals surface area (Å²) in [6.07, 6.45) is 3.27. The van der Waals surface area contributed by atoms with Crippen molar-refractivity contribution in [1.82, 2.24) is 31.9 Å². The van der Waals surface area contributed by atoms with E-state index in [-0.39, 0.29) is 36.5 Å². The molecular formula is C34H65N9O7. The molecule has 6 atom stereocenters. The van der Waals surface area contributed by atoms with Gasteiger partial charge in [-0.1, -0.05) is 68.2 Å². The summed E-state index contributed by atoms with van der Waals surface area (Å²) in [7, 11) is 0. The normalized spacial score (nSPS) is 14.9. The number of nitrogens with two attached hydrogens (primary N) is 3. The zero-order valence-corrected chi connectivity index (χ0v) is 31.4. The molecule has 0 saturated carbocycles. The molecule has 0 rings (SSSR count). The number of hydrogen-bond acceptors (Lipinski definition) is 9. The molecule has 0 aliphatic rings. The molecule has 0 fully saturated rings. The van der Waals surface area contributed by atoms with Gasteiger partial charge in [-0.2, -0.15) is 0 Å². The lowest BCUT2D eigenvalue weighted by Gasteiger charge is -2.28. The molecule has 0 radical (unpaired) electrons. The van der Waals surface area contributed by atoms with Gasteiger partial charge >= 0.3 is 0 Å². The Morgan fingerprint density at radius 1 is 0.580 bits per heavy atom. The Kier molecular flexibility index (Phi) is 22.5. The van der Waals surface area contributed by atoms with Gasteiger partial charge in [-0.25, -0.2) is 0 Å². The maximum atomic E-state index is 13.4. The first-order chi connectivity index (χ1) is 23.3. The molecule has 0 heterocycles. The lowest BCUT2D eigenvalue weighted by Crippen LogP contribution is -2.58. The standard InChI is InChI=1S/C34H65N9O7/c1-9-22(8)29(43-31(47)23(36)12-10-11-13-35)34(50)42-25(15-20(4)5)32(48)39-17-27(44)38-18-28(45)40-26(16-21(6)7)33(49)41-24(30(37)46)14-19(2)3/h19-26,29H,9-18,35-36H2,1-8H3,(H2,37,46)(H,38,44)(H,39,48)(H,40,45)(H,41,49)(H,42,50)(H,43,47). The molecule has 0 aromatic rings. The van der Waals surface area contributed by atoms with Crippen molar-refractivity contribution in [2.24, 2.45) is 40.9 Å². The Labute approximate surface area is 297 Å². The van der Waals surface area contributed by atoms with Crippen LogP contribution in [0.2, 0.25) is 0 Å².